The van der Waals surface area contributed by atoms with Gasteiger partial charge in [0.05, 0.1) is 31.0 Å². The highest BCUT2D eigenvalue weighted by molar-refractivity contribution is 6.20. The molecule has 0 radical (unpaired) electrons. The van der Waals surface area contributed by atoms with Crippen LogP contribution in [0.15, 0.2) is 59.0 Å². The van der Waals surface area contributed by atoms with Crippen molar-refractivity contribution in [1.29, 1.82) is 0 Å². The third-order valence-electron chi connectivity index (χ3n) is 10.3. The van der Waals surface area contributed by atoms with E-state index in [1.165, 1.54) is 23.0 Å². The molecular formula is C39H34ClF3N6O8. The molecule has 2 aliphatic rings. The molecule has 3 amide bonds. The molecule has 5 heterocycles. The summed E-state index contributed by atoms with van der Waals surface area (Å²) >= 11 is 6.42. The van der Waals surface area contributed by atoms with Crippen molar-refractivity contribution in [1.82, 2.24) is 19.8 Å². The summed E-state index contributed by atoms with van der Waals surface area (Å²) in [4.78, 5) is 64.2. The van der Waals surface area contributed by atoms with Crippen molar-refractivity contribution in [2.75, 3.05) is 70.1 Å². The van der Waals surface area contributed by atoms with E-state index in [1.807, 2.05) is 11.9 Å². The normalized spacial score (nSPS) is 16.0. The number of carbonyl (C=O) groups excluding carboxylic acids is 4. The van der Waals surface area contributed by atoms with Crippen LogP contribution in [-0.2, 0) is 10.9 Å². The van der Waals surface area contributed by atoms with Crippen LogP contribution < -0.4 is 19.7 Å². The van der Waals surface area contributed by atoms with Crippen molar-refractivity contribution in [3.05, 3.63) is 82.9 Å². The smallest absolute Gasteiger partial charge is 0.432 e. The minimum atomic E-state index is -5.04. The minimum absolute atomic E-state index is 0.0592. The molecule has 8 rings (SSSR count). The number of nitrogens with one attached hydrogen (secondary N) is 3. The highest BCUT2D eigenvalue weighted by Gasteiger charge is 2.44. The fourth-order valence-electron chi connectivity index (χ4n) is 7.44. The zero-order chi connectivity index (χ0) is 40.3. The number of methoxy groups -OCH3 is 2. The predicted octanol–water partition coefficient (Wildman–Crippen LogP) is 7.19. The summed E-state index contributed by atoms with van der Waals surface area (Å²) < 4.78 is 65.3. The Morgan fingerprint density at radius 2 is 1.74 bits per heavy atom. The maximum atomic E-state index is 14.5. The number of halogens is 4. The fourth-order valence-corrected chi connectivity index (χ4v) is 7.69. The third-order valence-corrected chi connectivity index (χ3v) is 10.7. The van der Waals surface area contributed by atoms with E-state index in [0.717, 1.165) is 7.11 Å². The first-order chi connectivity index (χ1) is 27.3. The summed E-state index contributed by atoms with van der Waals surface area (Å²) in [5, 5.41) is 3.83. The Labute approximate surface area is 326 Å². The Balaban J connectivity index is 1.16. The molecule has 18 heteroatoms. The van der Waals surface area contributed by atoms with Crippen LogP contribution in [0.4, 0.5) is 29.3 Å². The number of aromatic amines is 2. The van der Waals surface area contributed by atoms with Gasteiger partial charge in [-0.3, -0.25) is 9.59 Å². The Kier molecular flexibility index (Phi) is 9.52. The van der Waals surface area contributed by atoms with Gasteiger partial charge in [-0.1, -0.05) is 12.1 Å². The number of hydrogen-bond acceptors (Lipinski definition) is 9. The van der Waals surface area contributed by atoms with E-state index in [9.17, 15) is 32.3 Å². The van der Waals surface area contributed by atoms with Crippen LogP contribution in [-0.4, -0.2) is 104 Å². The second-order valence-corrected chi connectivity index (χ2v) is 14.1. The summed E-state index contributed by atoms with van der Waals surface area (Å²) in [6, 6.07) is 14.7. The first-order valence-corrected chi connectivity index (χ1v) is 18.2. The molecule has 6 aromatic rings. The number of carbonyl (C=O) groups is 4. The third kappa shape index (κ3) is 6.65. The molecular weight excluding hydrogens is 773 g/mol. The van der Waals surface area contributed by atoms with Gasteiger partial charge in [0.15, 0.2) is 22.8 Å². The molecule has 1 fully saturated rings. The molecule has 0 aliphatic carbocycles. The molecule has 1 atom stereocenters. The SMILES string of the molecule is COC(=O)c1c(C(F)(F)F)[nH]c2c(OC(=O)N3CCN(C)CC3)cc3c(c12)[C@H](CCl)CN3C(=O)c1cc2cc(NC(=O)c3cc4cccc(OC)c4o3)ccc2[nH]1. The number of rotatable bonds is 7. The zero-order valence-corrected chi connectivity index (χ0v) is 31.4. The molecule has 0 spiro atoms. The molecule has 0 bridgehead atoms. The van der Waals surface area contributed by atoms with Crippen LogP contribution in [0.3, 0.4) is 0 Å². The van der Waals surface area contributed by atoms with E-state index in [2.05, 4.69) is 15.3 Å². The Morgan fingerprint density at radius 3 is 2.44 bits per heavy atom. The van der Waals surface area contributed by atoms with Gasteiger partial charge < -0.3 is 48.6 Å². The molecule has 3 aromatic heterocycles. The van der Waals surface area contributed by atoms with Gasteiger partial charge in [0.25, 0.3) is 11.8 Å². The standard InChI is InChI=1S/C39H34ClF3N6O8/c1-47-9-11-48(12-10-47)38(53)57-27-16-25-29(30-31(37(52)55-3)34(39(41,42)43)46-32(27)30)21(17-40)18-49(25)36(51)24-14-20-13-22(7-8-23(20)45-24)44-35(50)28-15-19-5-4-6-26(54-2)33(19)56-28/h4-8,13-16,21,45-46H,9-12,17-18H2,1-3H3,(H,44,50)/t21-/m1/s1. The lowest BCUT2D eigenvalue weighted by Crippen LogP contribution is -2.48. The number of fused-ring (bicyclic) bond motifs is 5. The summed E-state index contributed by atoms with van der Waals surface area (Å²) in [6.45, 7) is 1.66. The Hall–Kier alpha value is -6.20. The van der Waals surface area contributed by atoms with E-state index in [1.54, 1.807) is 48.5 Å². The highest BCUT2D eigenvalue weighted by atomic mass is 35.5. The number of nitrogens with zero attached hydrogens (tertiary/aromatic N) is 3. The Morgan fingerprint density at radius 1 is 0.965 bits per heavy atom. The Bertz CT molecular complexity index is 2610. The molecule has 2 aliphatic heterocycles. The first-order valence-electron chi connectivity index (χ1n) is 17.7. The molecule has 0 saturated carbocycles. The first kappa shape index (κ1) is 37.7. The van der Waals surface area contributed by atoms with Gasteiger partial charge in [0.2, 0.25) is 0 Å². The van der Waals surface area contributed by atoms with Crippen molar-refractivity contribution in [2.45, 2.75) is 12.1 Å². The van der Waals surface area contributed by atoms with Crippen LogP contribution >= 0.6 is 11.6 Å². The highest BCUT2D eigenvalue weighted by Crippen LogP contribution is 2.50. The number of alkyl halides is 4. The van der Waals surface area contributed by atoms with Crippen LogP contribution in [0.2, 0.25) is 0 Å². The lowest BCUT2D eigenvalue weighted by molar-refractivity contribution is -0.141. The number of likely N-dealkylation sites (N-methyl/N-ethyl adjacent to an activating group) is 1. The van der Waals surface area contributed by atoms with Crippen molar-refractivity contribution < 1.29 is 51.0 Å². The van der Waals surface area contributed by atoms with Crippen LogP contribution in [0.25, 0.3) is 32.8 Å². The number of esters is 1. The van der Waals surface area contributed by atoms with Gasteiger partial charge in [-0.15, -0.1) is 11.6 Å². The lowest BCUT2D eigenvalue weighted by atomic mass is 9.95. The van der Waals surface area contributed by atoms with E-state index in [4.69, 9.17) is 30.2 Å². The van der Waals surface area contributed by atoms with Crippen molar-refractivity contribution in [3.63, 3.8) is 0 Å². The number of anilines is 2. The van der Waals surface area contributed by atoms with Crippen molar-refractivity contribution in [3.8, 4) is 11.5 Å². The summed E-state index contributed by atoms with van der Waals surface area (Å²) in [5.74, 6) is -3.02. The average Bonchev–Trinajstić information content (AvgIpc) is 3.99. The maximum absolute atomic E-state index is 14.5. The predicted molar refractivity (Wildman–Crippen MR) is 204 cm³/mol. The largest absolute Gasteiger partial charge is 0.493 e. The maximum Gasteiger partial charge on any atom is 0.432 e. The van der Waals surface area contributed by atoms with E-state index >= 15 is 0 Å². The molecule has 1 saturated heterocycles. The average molecular weight is 807 g/mol. The van der Waals surface area contributed by atoms with Crippen LogP contribution in [0.5, 0.6) is 11.5 Å². The van der Waals surface area contributed by atoms with Gasteiger partial charge in [-0.25, -0.2) is 9.59 Å². The number of H-pyrrole nitrogens is 2. The molecule has 14 nitrogen and oxygen atoms in total. The monoisotopic (exact) mass is 806 g/mol. The second-order valence-electron chi connectivity index (χ2n) is 13.8. The number of piperazine rings is 1. The fraction of sp³-hybridized carbons (Fsp3) is 0.282. The topological polar surface area (TPSA) is 162 Å². The molecule has 3 aromatic carbocycles. The number of ether oxygens (including phenoxy) is 3. The molecule has 0 unspecified atom stereocenters. The minimum Gasteiger partial charge on any atom is -0.493 e. The molecule has 296 valence electrons. The zero-order valence-electron chi connectivity index (χ0n) is 30.6. The van der Waals surface area contributed by atoms with E-state index in [-0.39, 0.29) is 51.8 Å². The number of benzene rings is 3. The van der Waals surface area contributed by atoms with Gasteiger partial charge in [0, 0.05) is 78.0 Å². The van der Waals surface area contributed by atoms with E-state index < -0.39 is 47.2 Å². The number of hydrogen-bond donors (Lipinski definition) is 3. The van der Waals surface area contributed by atoms with E-state index in [0.29, 0.717) is 59.5 Å². The van der Waals surface area contributed by atoms with Crippen LogP contribution in [0.1, 0.15) is 48.6 Å². The van der Waals surface area contributed by atoms with Crippen molar-refractivity contribution in [2.24, 2.45) is 0 Å². The number of amides is 3. The number of para-hydroxylation sites is 1. The molecule has 3 N–H and O–H groups in total. The second kappa shape index (κ2) is 14.4. The van der Waals surface area contributed by atoms with Gasteiger partial charge in [0.1, 0.15) is 11.4 Å². The van der Waals surface area contributed by atoms with Crippen LogP contribution in [0, 0.1) is 0 Å². The number of furan rings is 1. The summed E-state index contributed by atoms with van der Waals surface area (Å²) in [7, 11) is 4.35. The summed E-state index contributed by atoms with van der Waals surface area (Å²) in [6.07, 6.45) is -5.85. The van der Waals surface area contributed by atoms with Gasteiger partial charge in [-0.2, -0.15) is 13.2 Å². The summed E-state index contributed by atoms with van der Waals surface area (Å²) in [5.41, 5.74) is -0.715. The van der Waals surface area contributed by atoms with Crippen molar-refractivity contribution >= 4 is 79.6 Å². The quantitative estimate of drug-likeness (QED) is 0.112. The van der Waals surface area contributed by atoms with Gasteiger partial charge in [-0.05, 0) is 49.0 Å². The lowest BCUT2D eigenvalue weighted by Gasteiger charge is -2.31. The number of aromatic nitrogens is 2. The molecule has 57 heavy (non-hydrogen) atoms. The van der Waals surface area contributed by atoms with Gasteiger partial charge >= 0.3 is 18.2 Å².